The number of nitrogens with zero attached hydrogens (tertiary/aromatic N) is 1. The van der Waals surface area contributed by atoms with E-state index >= 15 is 0 Å². The predicted octanol–water partition coefficient (Wildman–Crippen LogP) is 1.74. The summed E-state index contributed by atoms with van der Waals surface area (Å²) in [5.41, 5.74) is 2.57. The first kappa shape index (κ1) is 15.8. The maximum absolute atomic E-state index is 12.4. The van der Waals surface area contributed by atoms with Crippen LogP contribution in [0.15, 0.2) is 22.7 Å². The lowest BCUT2D eigenvalue weighted by molar-refractivity contribution is -0.137. The number of nitrogens with one attached hydrogen (secondary N) is 1. The summed E-state index contributed by atoms with van der Waals surface area (Å²) in [6, 6.07) is 6.01. The Bertz CT molecular complexity index is 492. The minimum atomic E-state index is -0.178. The summed E-state index contributed by atoms with van der Waals surface area (Å²) in [6.07, 6.45) is 0.913. The number of ether oxygens (including phenoxy) is 1. The summed E-state index contributed by atoms with van der Waals surface area (Å²) in [5.74, 6) is 0.158. The van der Waals surface area contributed by atoms with Crippen LogP contribution in [0.3, 0.4) is 0 Å². The molecule has 2 aliphatic heterocycles. The fourth-order valence-electron chi connectivity index (χ4n) is 2.70. The van der Waals surface area contributed by atoms with Gasteiger partial charge in [0.1, 0.15) is 6.04 Å². The Balaban J connectivity index is 0.00000147. The predicted molar refractivity (Wildman–Crippen MR) is 83.1 cm³/mol. The number of benzene rings is 1. The van der Waals surface area contributed by atoms with Gasteiger partial charge in [-0.15, -0.1) is 12.4 Å². The zero-order valence-electron chi connectivity index (χ0n) is 11.1. The molecule has 1 N–H and O–H groups in total. The molecule has 1 aromatic carbocycles. The lowest BCUT2D eigenvalue weighted by Gasteiger charge is -2.33. The van der Waals surface area contributed by atoms with Crippen molar-refractivity contribution < 1.29 is 9.53 Å². The number of fused-ring (bicyclic) bond motifs is 1. The Morgan fingerprint density at radius 1 is 1.45 bits per heavy atom. The van der Waals surface area contributed by atoms with E-state index in [1.807, 2.05) is 11.0 Å². The topological polar surface area (TPSA) is 41.6 Å². The van der Waals surface area contributed by atoms with E-state index in [1.54, 1.807) is 0 Å². The zero-order valence-corrected chi connectivity index (χ0v) is 13.5. The minimum Gasteiger partial charge on any atom is -0.378 e. The number of hydrogen-bond donors (Lipinski definition) is 1. The molecular formula is C14H18BrClN2O2. The van der Waals surface area contributed by atoms with Gasteiger partial charge in [0, 0.05) is 24.1 Å². The number of hydrogen-bond acceptors (Lipinski definition) is 3. The van der Waals surface area contributed by atoms with Gasteiger partial charge in [-0.25, -0.2) is 0 Å². The molecule has 20 heavy (non-hydrogen) atoms. The molecule has 1 atom stereocenters. The highest BCUT2D eigenvalue weighted by atomic mass is 79.9. The minimum absolute atomic E-state index is 0. The molecule has 0 radical (unpaired) electrons. The van der Waals surface area contributed by atoms with Gasteiger partial charge in [0.25, 0.3) is 0 Å². The summed E-state index contributed by atoms with van der Waals surface area (Å²) < 4.78 is 6.51. The van der Waals surface area contributed by atoms with E-state index in [2.05, 4.69) is 33.4 Å². The Kier molecular flexibility index (Phi) is 5.43. The van der Waals surface area contributed by atoms with Crippen molar-refractivity contribution >= 4 is 34.2 Å². The number of amides is 1. The summed E-state index contributed by atoms with van der Waals surface area (Å²) in [4.78, 5) is 14.4. The SMILES string of the molecule is Cl.O=C(C1COCCN1)N1CCc2c(Br)cccc2C1. The summed E-state index contributed by atoms with van der Waals surface area (Å²) in [6.45, 7) is 3.42. The molecule has 0 bridgehead atoms. The molecule has 6 heteroatoms. The van der Waals surface area contributed by atoms with E-state index in [9.17, 15) is 4.79 Å². The molecule has 2 heterocycles. The molecule has 1 aromatic rings. The second-order valence-electron chi connectivity index (χ2n) is 4.97. The van der Waals surface area contributed by atoms with Crippen LogP contribution in [0.1, 0.15) is 11.1 Å². The molecule has 3 rings (SSSR count). The Morgan fingerprint density at radius 3 is 3.05 bits per heavy atom. The lowest BCUT2D eigenvalue weighted by atomic mass is 9.99. The molecule has 1 unspecified atom stereocenters. The number of rotatable bonds is 1. The van der Waals surface area contributed by atoms with Crippen molar-refractivity contribution in [3.05, 3.63) is 33.8 Å². The average molecular weight is 362 g/mol. The van der Waals surface area contributed by atoms with Crippen LogP contribution in [0.5, 0.6) is 0 Å². The van der Waals surface area contributed by atoms with Crippen molar-refractivity contribution in [3.8, 4) is 0 Å². The quantitative estimate of drug-likeness (QED) is 0.828. The van der Waals surface area contributed by atoms with Gasteiger partial charge in [-0.2, -0.15) is 0 Å². The van der Waals surface area contributed by atoms with E-state index in [0.29, 0.717) is 19.8 Å². The van der Waals surface area contributed by atoms with Crippen LogP contribution in [0.25, 0.3) is 0 Å². The molecular weight excluding hydrogens is 344 g/mol. The smallest absolute Gasteiger partial charge is 0.242 e. The van der Waals surface area contributed by atoms with Crippen molar-refractivity contribution in [2.45, 2.75) is 19.0 Å². The molecule has 0 aromatic heterocycles. The summed E-state index contributed by atoms with van der Waals surface area (Å²) in [7, 11) is 0. The normalized spacial score (nSPS) is 21.9. The third kappa shape index (κ3) is 3.17. The first-order valence-electron chi connectivity index (χ1n) is 6.62. The molecule has 1 amide bonds. The van der Waals surface area contributed by atoms with Crippen LogP contribution >= 0.6 is 28.3 Å². The molecule has 1 fully saturated rings. The van der Waals surface area contributed by atoms with Crippen molar-refractivity contribution in [2.75, 3.05) is 26.3 Å². The van der Waals surface area contributed by atoms with Crippen molar-refractivity contribution in [1.29, 1.82) is 0 Å². The van der Waals surface area contributed by atoms with E-state index < -0.39 is 0 Å². The van der Waals surface area contributed by atoms with Crippen LogP contribution in [-0.2, 0) is 22.5 Å². The average Bonchev–Trinajstić information content (AvgIpc) is 2.47. The van der Waals surface area contributed by atoms with Gasteiger partial charge in [0.05, 0.1) is 13.2 Å². The number of carbonyl (C=O) groups excluding carboxylic acids is 1. The van der Waals surface area contributed by atoms with Gasteiger partial charge in [-0.1, -0.05) is 28.1 Å². The number of carbonyl (C=O) groups is 1. The van der Waals surface area contributed by atoms with E-state index in [4.69, 9.17) is 4.74 Å². The third-order valence-corrected chi connectivity index (χ3v) is 4.48. The molecule has 110 valence electrons. The van der Waals surface area contributed by atoms with Crippen LogP contribution < -0.4 is 5.32 Å². The van der Waals surface area contributed by atoms with Crippen LogP contribution in [0.2, 0.25) is 0 Å². The van der Waals surface area contributed by atoms with Crippen molar-refractivity contribution in [1.82, 2.24) is 10.2 Å². The first-order valence-corrected chi connectivity index (χ1v) is 7.41. The number of halogens is 2. The van der Waals surface area contributed by atoms with Gasteiger partial charge in [0.2, 0.25) is 5.91 Å². The second-order valence-corrected chi connectivity index (χ2v) is 5.82. The van der Waals surface area contributed by atoms with Gasteiger partial charge in [0.15, 0.2) is 0 Å². The van der Waals surface area contributed by atoms with E-state index in [0.717, 1.165) is 24.0 Å². The summed E-state index contributed by atoms with van der Waals surface area (Å²) in [5, 5.41) is 3.23. The highest BCUT2D eigenvalue weighted by Gasteiger charge is 2.29. The molecule has 1 saturated heterocycles. The Morgan fingerprint density at radius 2 is 2.30 bits per heavy atom. The fraction of sp³-hybridized carbons (Fsp3) is 0.500. The van der Waals surface area contributed by atoms with Crippen LogP contribution in [0.4, 0.5) is 0 Å². The molecule has 0 saturated carbocycles. The first-order chi connectivity index (χ1) is 9.25. The standard InChI is InChI=1S/C14H17BrN2O2.ClH/c15-12-3-1-2-10-8-17(6-4-11(10)12)14(18)13-9-19-7-5-16-13;/h1-3,13,16H,4-9H2;1H. The highest BCUT2D eigenvalue weighted by Crippen LogP contribution is 2.26. The molecule has 0 aliphatic carbocycles. The Hall–Kier alpha value is -0.620. The van der Waals surface area contributed by atoms with Gasteiger partial charge < -0.3 is 15.0 Å². The van der Waals surface area contributed by atoms with Gasteiger partial charge in [-0.3, -0.25) is 4.79 Å². The van der Waals surface area contributed by atoms with Crippen LogP contribution in [0, 0.1) is 0 Å². The second kappa shape index (κ2) is 6.89. The van der Waals surface area contributed by atoms with E-state index in [-0.39, 0.29) is 24.4 Å². The maximum Gasteiger partial charge on any atom is 0.242 e. The zero-order chi connectivity index (χ0) is 13.2. The Labute approximate surface area is 133 Å². The lowest BCUT2D eigenvalue weighted by Crippen LogP contribution is -2.53. The van der Waals surface area contributed by atoms with Crippen LogP contribution in [-0.4, -0.2) is 43.2 Å². The largest absolute Gasteiger partial charge is 0.378 e. The monoisotopic (exact) mass is 360 g/mol. The van der Waals surface area contributed by atoms with Crippen molar-refractivity contribution in [2.24, 2.45) is 0 Å². The molecule has 2 aliphatic rings. The number of morpholine rings is 1. The van der Waals surface area contributed by atoms with E-state index in [1.165, 1.54) is 11.1 Å². The maximum atomic E-state index is 12.4. The molecule has 0 spiro atoms. The molecule has 4 nitrogen and oxygen atoms in total. The van der Waals surface area contributed by atoms with Crippen molar-refractivity contribution in [3.63, 3.8) is 0 Å². The summed E-state index contributed by atoms with van der Waals surface area (Å²) >= 11 is 3.58. The highest BCUT2D eigenvalue weighted by molar-refractivity contribution is 9.10. The van der Waals surface area contributed by atoms with Gasteiger partial charge in [-0.05, 0) is 23.6 Å². The van der Waals surface area contributed by atoms with Gasteiger partial charge >= 0.3 is 0 Å². The third-order valence-electron chi connectivity index (χ3n) is 3.74. The fourth-order valence-corrected chi connectivity index (χ4v) is 3.30.